The summed E-state index contributed by atoms with van der Waals surface area (Å²) in [5.41, 5.74) is 0. The first kappa shape index (κ1) is 12.5. The van der Waals surface area contributed by atoms with Crippen LogP contribution in [-0.4, -0.2) is 26.8 Å². The van der Waals surface area contributed by atoms with E-state index in [1.165, 1.54) is 19.3 Å². The van der Waals surface area contributed by atoms with Crippen LogP contribution < -0.4 is 5.32 Å². The minimum absolute atomic E-state index is 0.753. The van der Waals surface area contributed by atoms with Gasteiger partial charge in [-0.1, -0.05) is 26.7 Å². The van der Waals surface area contributed by atoms with Gasteiger partial charge in [-0.25, -0.2) is 4.68 Å². The van der Waals surface area contributed by atoms with Crippen LogP contribution in [0.4, 0.5) is 0 Å². The van der Waals surface area contributed by atoms with Crippen molar-refractivity contribution in [2.24, 2.45) is 11.8 Å². The molecular formula is C12H23N5. The summed E-state index contributed by atoms with van der Waals surface area (Å²) in [4.78, 5) is 0. The second-order valence-electron chi connectivity index (χ2n) is 5.12. The fourth-order valence-electron chi connectivity index (χ4n) is 2.58. The van der Waals surface area contributed by atoms with E-state index in [1.807, 2.05) is 4.68 Å². The van der Waals surface area contributed by atoms with Crippen LogP contribution in [0.25, 0.3) is 0 Å². The van der Waals surface area contributed by atoms with Crippen LogP contribution in [0.3, 0.4) is 0 Å². The number of nitrogens with one attached hydrogen (secondary N) is 1. The van der Waals surface area contributed by atoms with Crippen LogP contribution in [-0.2, 0) is 13.1 Å². The van der Waals surface area contributed by atoms with Crippen molar-refractivity contribution in [3.63, 3.8) is 0 Å². The lowest BCUT2D eigenvalue weighted by Crippen LogP contribution is -2.21. The summed E-state index contributed by atoms with van der Waals surface area (Å²) in [5.74, 6) is 2.54. The first-order chi connectivity index (χ1) is 8.31. The van der Waals surface area contributed by atoms with Crippen molar-refractivity contribution in [3.05, 3.63) is 5.82 Å². The average molecular weight is 237 g/mol. The second-order valence-corrected chi connectivity index (χ2v) is 5.12. The van der Waals surface area contributed by atoms with Gasteiger partial charge in [0.15, 0.2) is 5.82 Å². The zero-order valence-electron chi connectivity index (χ0n) is 10.9. The lowest BCUT2D eigenvalue weighted by molar-refractivity contribution is 0.337. The van der Waals surface area contributed by atoms with Gasteiger partial charge >= 0.3 is 0 Å². The Kier molecular flexibility index (Phi) is 4.48. The molecule has 1 heterocycles. The zero-order valence-corrected chi connectivity index (χ0v) is 10.9. The van der Waals surface area contributed by atoms with E-state index in [2.05, 4.69) is 34.7 Å². The van der Waals surface area contributed by atoms with E-state index in [0.717, 1.165) is 43.7 Å². The molecule has 5 heteroatoms. The Morgan fingerprint density at radius 2 is 2.29 bits per heavy atom. The first-order valence-electron chi connectivity index (χ1n) is 6.77. The van der Waals surface area contributed by atoms with Crippen LogP contribution in [0.15, 0.2) is 0 Å². The molecule has 2 atom stereocenters. The van der Waals surface area contributed by atoms with E-state index in [1.54, 1.807) is 0 Å². The van der Waals surface area contributed by atoms with Gasteiger partial charge in [0.05, 0.1) is 6.54 Å². The molecule has 96 valence electrons. The highest BCUT2D eigenvalue weighted by Gasteiger charge is 2.24. The zero-order chi connectivity index (χ0) is 12.1. The molecule has 0 spiro atoms. The van der Waals surface area contributed by atoms with E-state index >= 15 is 0 Å². The molecule has 1 saturated carbocycles. The van der Waals surface area contributed by atoms with Crippen LogP contribution in [0, 0.1) is 11.8 Å². The summed E-state index contributed by atoms with van der Waals surface area (Å²) < 4.78 is 1.98. The Morgan fingerprint density at radius 1 is 1.41 bits per heavy atom. The largest absolute Gasteiger partial charge is 0.310 e. The maximum Gasteiger partial charge on any atom is 0.165 e. The fourth-order valence-corrected chi connectivity index (χ4v) is 2.58. The monoisotopic (exact) mass is 237 g/mol. The van der Waals surface area contributed by atoms with Crippen LogP contribution in [0.1, 0.15) is 45.4 Å². The predicted molar refractivity (Wildman–Crippen MR) is 66.3 cm³/mol. The van der Waals surface area contributed by atoms with Crippen molar-refractivity contribution < 1.29 is 0 Å². The Balaban J connectivity index is 1.89. The molecule has 0 aromatic carbocycles. The van der Waals surface area contributed by atoms with Crippen LogP contribution in [0.5, 0.6) is 0 Å². The fraction of sp³-hybridized carbons (Fsp3) is 0.917. The molecule has 1 aliphatic rings. The maximum atomic E-state index is 4.11. The van der Waals surface area contributed by atoms with E-state index in [9.17, 15) is 0 Å². The van der Waals surface area contributed by atoms with Crippen molar-refractivity contribution in [1.82, 2.24) is 25.5 Å². The average Bonchev–Trinajstić information content (AvgIpc) is 2.91. The van der Waals surface area contributed by atoms with Crippen LogP contribution >= 0.6 is 0 Å². The molecule has 1 fully saturated rings. The molecule has 2 rings (SSSR count). The molecule has 1 aliphatic carbocycles. The number of rotatable bonds is 6. The van der Waals surface area contributed by atoms with Gasteiger partial charge in [-0.2, -0.15) is 0 Å². The minimum Gasteiger partial charge on any atom is -0.310 e. The summed E-state index contributed by atoms with van der Waals surface area (Å²) in [7, 11) is 0. The van der Waals surface area contributed by atoms with E-state index in [-0.39, 0.29) is 0 Å². The summed E-state index contributed by atoms with van der Waals surface area (Å²) in [6.07, 6.45) is 5.18. The highest BCUT2D eigenvalue weighted by molar-refractivity contribution is 4.83. The Morgan fingerprint density at radius 3 is 3.00 bits per heavy atom. The molecule has 0 saturated heterocycles. The van der Waals surface area contributed by atoms with E-state index in [4.69, 9.17) is 0 Å². The standard InChI is InChI=1S/C12H23N5/c1-3-7-13-8-12-14-15-16-17(12)9-11-6-4-5-10(11)2/h10-11,13H,3-9H2,1-2H3. The molecule has 0 bridgehead atoms. The summed E-state index contributed by atoms with van der Waals surface area (Å²) in [5, 5.41) is 15.3. The van der Waals surface area contributed by atoms with Crippen molar-refractivity contribution in [3.8, 4) is 0 Å². The molecule has 0 radical (unpaired) electrons. The molecule has 1 aromatic rings. The predicted octanol–water partition coefficient (Wildman–Crippen LogP) is 1.61. The molecule has 5 nitrogen and oxygen atoms in total. The van der Waals surface area contributed by atoms with E-state index < -0.39 is 0 Å². The van der Waals surface area contributed by atoms with Gasteiger partial charge in [-0.15, -0.1) is 5.10 Å². The normalized spacial score (nSPS) is 24.4. The number of tetrazole rings is 1. The van der Waals surface area contributed by atoms with Crippen molar-refractivity contribution in [1.29, 1.82) is 0 Å². The lowest BCUT2D eigenvalue weighted by atomic mass is 9.98. The molecule has 1 aromatic heterocycles. The second kappa shape index (κ2) is 6.10. The smallest absolute Gasteiger partial charge is 0.165 e. The highest BCUT2D eigenvalue weighted by atomic mass is 15.5. The van der Waals surface area contributed by atoms with Gasteiger partial charge in [0.25, 0.3) is 0 Å². The summed E-state index contributed by atoms with van der Waals surface area (Å²) >= 11 is 0. The Hall–Kier alpha value is -0.970. The lowest BCUT2D eigenvalue weighted by Gasteiger charge is -2.15. The summed E-state index contributed by atoms with van der Waals surface area (Å²) in [6, 6.07) is 0. The number of aromatic nitrogens is 4. The van der Waals surface area contributed by atoms with Gasteiger partial charge in [-0.05, 0) is 41.6 Å². The SMILES string of the molecule is CCCNCc1nnnn1CC1CCCC1C. The third kappa shape index (κ3) is 3.25. The molecule has 0 aliphatic heterocycles. The maximum absolute atomic E-state index is 4.11. The van der Waals surface area contributed by atoms with Crippen molar-refractivity contribution >= 4 is 0 Å². The van der Waals surface area contributed by atoms with Gasteiger partial charge in [-0.3, -0.25) is 0 Å². The highest BCUT2D eigenvalue weighted by Crippen LogP contribution is 2.32. The topological polar surface area (TPSA) is 55.6 Å². The number of hydrogen-bond acceptors (Lipinski definition) is 4. The quantitative estimate of drug-likeness (QED) is 0.764. The molecule has 1 N–H and O–H groups in total. The third-order valence-corrected chi connectivity index (χ3v) is 3.76. The van der Waals surface area contributed by atoms with Gasteiger partial charge in [0, 0.05) is 6.54 Å². The van der Waals surface area contributed by atoms with Gasteiger partial charge in [0.2, 0.25) is 0 Å². The molecule has 2 unspecified atom stereocenters. The van der Waals surface area contributed by atoms with Crippen molar-refractivity contribution in [2.45, 2.75) is 52.6 Å². The molecule has 0 amide bonds. The van der Waals surface area contributed by atoms with Gasteiger partial charge in [0.1, 0.15) is 0 Å². The van der Waals surface area contributed by atoms with Crippen LogP contribution in [0.2, 0.25) is 0 Å². The first-order valence-corrected chi connectivity index (χ1v) is 6.77. The minimum atomic E-state index is 0.753. The Labute approximate surface area is 103 Å². The number of hydrogen-bond donors (Lipinski definition) is 1. The van der Waals surface area contributed by atoms with E-state index in [0.29, 0.717) is 0 Å². The number of nitrogens with zero attached hydrogens (tertiary/aromatic N) is 4. The molecular weight excluding hydrogens is 214 g/mol. The summed E-state index contributed by atoms with van der Waals surface area (Å²) in [6.45, 7) is 7.29. The van der Waals surface area contributed by atoms with Crippen molar-refractivity contribution in [2.75, 3.05) is 6.54 Å². The van der Waals surface area contributed by atoms with Gasteiger partial charge < -0.3 is 5.32 Å². The molecule has 17 heavy (non-hydrogen) atoms. The Bertz CT molecular complexity index is 335. The third-order valence-electron chi connectivity index (χ3n) is 3.76.